The number of carbonyl (C=O) groups excluding carboxylic acids is 1. The molecule has 2 aromatic heterocycles. The Balaban J connectivity index is 1.81. The Morgan fingerprint density at radius 3 is 2.47 bits per heavy atom. The van der Waals surface area contributed by atoms with E-state index in [0.717, 1.165) is 5.56 Å². The third kappa shape index (κ3) is 4.29. The third-order valence-corrected chi connectivity index (χ3v) is 5.49. The number of nitrogen functional groups attached to an aromatic ring is 1. The van der Waals surface area contributed by atoms with Gasteiger partial charge in [0, 0.05) is 22.9 Å². The number of carbonyl (C=O) groups is 1. The van der Waals surface area contributed by atoms with Crippen LogP contribution in [0.3, 0.4) is 0 Å². The summed E-state index contributed by atoms with van der Waals surface area (Å²) in [4.78, 5) is 31.3. The van der Waals surface area contributed by atoms with Crippen molar-refractivity contribution in [1.82, 2.24) is 19.3 Å². The maximum atomic E-state index is 13.3. The summed E-state index contributed by atoms with van der Waals surface area (Å²) >= 11 is 6.00. The van der Waals surface area contributed by atoms with E-state index in [9.17, 15) is 9.59 Å². The Morgan fingerprint density at radius 1 is 1.09 bits per heavy atom. The van der Waals surface area contributed by atoms with E-state index in [-0.39, 0.29) is 29.2 Å². The van der Waals surface area contributed by atoms with Crippen LogP contribution in [0, 0.1) is 0 Å². The molecule has 0 atom stereocenters. The normalized spacial score (nSPS) is 11.8. The number of hydrogen-bond acceptors (Lipinski definition) is 5. The number of fused-ring (bicyclic) bond motifs is 1. The Labute approximate surface area is 190 Å². The van der Waals surface area contributed by atoms with Crippen LogP contribution in [0.15, 0.2) is 59.4 Å². The number of hydrogen-bond donors (Lipinski definition) is 1. The van der Waals surface area contributed by atoms with Crippen molar-refractivity contribution in [2.24, 2.45) is 0 Å². The number of nitrogens with zero attached hydrogens (tertiary/aromatic N) is 4. The second kappa shape index (κ2) is 8.24. The van der Waals surface area contributed by atoms with Crippen molar-refractivity contribution < 1.29 is 4.79 Å². The van der Waals surface area contributed by atoms with Crippen molar-refractivity contribution in [3.8, 4) is 0 Å². The Morgan fingerprint density at radius 2 is 1.78 bits per heavy atom. The lowest BCUT2D eigenvalue weighted by Gasteiger charge is -2.20. The largest absolute Gasteiger partial charge is 0.382 e. The van der Waals surface area contributed by atoms with Gasteiger partial charge in [-0.3, -0.25) is 14.2 Å². The molecule has 2 heterocycles. The van der Waals surface area contributed by atoms with Gasteiger partial charge in [-0.05, 0) is 29.8 Å². The molecule has 0 aliphatic carbocycles. The zero-order chi connectivity index (χ0) is 23.0. The average molecular weight is 450 g/mol. The summed E-state index contributed by atoms with van der Waals surface area (Å²) in [7, 11) is 0. The summed E-state index contributed by atoms with van der Waals surface area (Å²) in [6, 6.07) is 16.1. The fourth-order valence-corrected chi connectivity index (χ4v) is 3.75. The molecule has 0 spiro atoms. The van der Waals surface area contributed by atoms with Gasteiger partial charge in [-0.1, -0.05) is 56.6 Å². The van der Waals surface area contributed by atoms with Crippen LogP contribution in [-0.4, -0.2) is 25.2 Å². The van der Waals surface area contributed by atoms with Gasteiger partial charge in [0.1, 0.15) is 18.2 Å². The van der Waals surface area contributed by atoms with Gasteiger partial charge in [0.2, 0.25) is 0 Å². The first-order valence-corrected chi connectivity index (χ1v) is 10.6. The van der Waals surface area contributed by atoms with Crippen LogP contribution in [-0.2, 0) is 18.4 Å². The van der Waals surface area contributed by atoms with E-state index >= 15 is 0 Å². The standard InChI is InChI=1S/C24H24ClN5O2/c1-24(2,3)19-13-20(26)28-30(19)22(31)14-29-21(12-15-8-10-16(25)11-9-15)27-18-7-5-4-6-17(18)23(29)32/h4-11,13H,12,14H2,1-3H3,(H2,26,28). The van der Waals surface area contributed by atoms with Crippen LogP contribution in [0.25, 0.3) is 10.9 Å². The van der Waals surface area contributed by atoms with Crippen LogP contribution < -0.4 is 11.3 Å². The highest BCUT2D eigenvalue weighted by Crippen LogP contribution is 2.24. The molecule has 0 unspecified atom stereocenters. The molecule has 32 heavy (non-hydrogen) atoms. The fourth-order valence-electron chi connectivity index (χ4n) is 3.62. The van der Waals surface area contributed by atoms with E-state index in [1.807, 2.05) is 39.0 Å². The quantitative estimate of drug-likeness (QED) is 0.507. The topological polar surface area (TPSA) is 95.8 Å². The minimum atomic E-state index is -0.358. The van der Waals surface area contributed by atoms with Gasteiger partial charge < -0.3 is 5.73 Å². The van der Waals surface area contributed by atoms with Gasteiger partial charge in [-0.2, -0.15) is 0 Å². The number of benzene rings is 2. The van der Waals surface area contributed by atoms with Crippen molar-refractivity contribution in [3.63, 3.8) is 0 Å². The molecule has 164 valence electrons. The molecule has 0 fully saturated rings. The maximum absolute atomic E-state index is 13.3. The Kier molecular flexibility index (Phi) is 5.60. The molecule has 0 amide bonds. The minimum Gasteiger partial charge on any atom is -0.382 e. The summed E-state index contributed by atoms with van der Waals surface area (Å²) < 4.78 is 2.71. The van der Waals surface area contributed by atoms with Gasteiger partial charge in [-0.25, -0.2) is 9.67 Å². The molecular weight excluding hydrogens is 426 g/mol. The van der Waals surface area contributed by atoms with Crippen LogP contribution in [0.2, 0.25) is 5.02 Å². The fraction of sp³-hybridized carbons (Fsp3) is 0.250. The highest BCUT2D eigenvalue weighted by Gasteiger charge is 2.25. The van der Waals surface area contributed by atoms with Crippen molar-refractivity contribution in [2.45, 2.75) is 39.2 Å². The summed E-state index contributed by atoms with van der Waals surface area (Å²) in [5, 5.41) is 5.26. The van der Waals surface area contributed by atoms with E-state index in [1.54, 1.807) is 36.4 Å². The molecule has 2 N–H and O–H groups in total. The first kappa shape index (κ1) is 21.8. The van der Waals surface area contributed by atoms with E-state index in [2.05, 4.69) is 5.10 Å². The van der Waals surface area contributed by atoms with E-state index < -0.39 is 0 Å². The zero-order valence-corrected chi connectivity index (χ0v) is 18.9. The summed E-state index contributed by atoms with van der Waals surface area (Å²) in [6.45, 7) is 5.72. The van der Waals surface area contributed by atoms with Gasteiger partial charge in [0.15, 0.2) is 0 Å². The molecule has 0 saturated carbocycles. The highest BCUT2D eigenvalue weighted by atomic mass is 35.5. The second-order valence-electron chi connectivity index (χ2n) is 8.75. The van der Waals surface area contributed by atoms with Gasteiger partial charge in [0.25, 0.3) is 11.5 Å². The first-order chi connectivity index (χ1) is 15.1. The number of aromatic nitrogens is 4. The lowest BCUT2D eigenvalue weighted by Crippen LogP contribution is -2.33. The summed E-state index contributed by atoms with van der Waals surface area (Å²) in [5.41, 5.74) is 7.45. The number of para-hydroxylation sites is 1. The van der Waals surface area contributed by atoms with Crippen LogP contribution in [0.4, 0.5) is 5.82 Å². The van der Waals surface area contributed by atoms with Crippen LogP contribution in [0.1, 0.15) is 42.6 Å². The van der Waals surface area contributed by atoms with Crippen molar-refractivity contribution in [1.29, 1.82) is 0 Å². The van der Waals surface area contributed by atoms with Crippen molar-refractivity contribution >= 4 is 34.2 Å². The van der Waals surface area contributed by atoms with Crippen molar-refractivity contribution in [2.75, 3.05) is 5.73 Å². The van der Waals surface area contributed by atoms with Crippen molar-refractivity contribution in [3.05, 3.63) is 87.1 Å². The zero-order valence-electron chi connectivity index (χ0n) is 18.2. The predicted molar refractivity (Wildman–Crippen MR) is 126 cm³/mol. The predicted octanol–water partition coefficient (Wildman–Crippen LogP) is 4.06. The highest BCUT2D eigenvalue weighted by molar-refractivity contribution is 6.30. The summed E-state index contributed by atoms with van der Waals surface area (Å²) in [6.07, 6.45) is 0.373. The van der Waals surface area contributed by atoms with Crippen LogP contribution in [0.5, 0.6) is 0 Å². The summed E-state index contributed by atoms with van der Waals surface area (Å²) in [5.74, 6) is 0.388. The Bertz CT molecular complexity index is 1360. The number of nitrogens with two attached hydrogens (primary N) is 1. The molecule has 8 heteroatoms. The molecule has 4 aromatic rings. The SMILES string of the molecule is CC(C)(C)c1cc(N)nn1C(=O)Cn1c(Cc2ccc(Cl)cc2)nc2ccccc2c1=O. The molecule has 2 aromatic carbocycles. The Hall–Kier alpha value is -3.45. The van der Waals surface area contributed by atoms with E-state index in [4.69, 9.17) is 22.3 Å². The van der Waals surface area contributed by atoms with E-state index in [0.29, 0.717) is 33.9 Å². The lowest BCUT2D eigenvalue weighted by molar-refractivity contribution is 0.0864. The third-order valence-electron chi connectivity index (χ3n) is 5.24. The molecule has 0 saturated heterocycles. The molecule has 0 radical (unpaired) electrons. The monoisotopic (exact) mass is 449 g/mol. The lowest BCUT2D eigenvalue weighted by atomic mass is 9.92. The molecule has 7 nitrogen and oxygen atoms in total. The number of halogens is 1. The molecule has 0 aliphatic rings. The van der Waals surface area contributed by atoms with Crippen LogP contribution >= 0.6 is 11.6 Å². The van der Waals surface area contributed by atoms with Gasteiger partial charge in [-0.15, -0.1) is 5.10 Å². The maximum Gasteiger partial charge on any atom is 0.267 e. The smallest absolute Gasteiger partial charge is 0.267 e. The van der Waals surface area contributed by atoms with Gasteiger partial charge >= 0.3 is 0 Å². The molecule has 0 bridgehead atoms. The molecule has 0 aliphatic heterocycles. The average Bonchev–Trinajstić information content (AvgIpc) is 3.15. The first-order valence-electron chi connectivity index (χ1n) is 10.3. The second-order valence-corrected chi connectivity index (χ2v) is 9.19. The molecule has 4 rings (SSSR count). The number of anilines is 1. The minimum absolute atomic E-state index is 0.205. The van der Waals surface area contributed by atoms with Gasteiger partial charge in [0.05, 0.1) is 16.6 Å². The number of rotatable bonds is 4. The molecular formula is C24H24ClN5O2. The van der Waals surface area contributed by atoms with E-state index in [1.165, 1.54) is 9.25 Å².